The molecule has 0 bridgehead atoms. The van der Waals surface area contributed by atoms with Crippen molar-refractivity contribution in [3.05, 3.63) is 0 Å². The van der Waals surface area contributed by atoms with Gasteiger partial charge in [0.1, 0.15) is 5.78 Å². The molecular formula is C11H16O. The minimum absolute atomic E-state index is 0.0926. The van der Waals surface area contributed by atoms with Crippen molar-refractivity contribution in [2.24, 2.45) is 5.41 Å². The van der Waals surface area contributed by atoms with Crippen LogP contribution in [-0.4, -0.2) is 5.78 Å². The molecule has 66 valence electrons. The molecule has 1 rings (SSSR count). The summed E-state index contributed by atoms with van der Waals surface area (Å²) in [6.07, 6.45) is 10.9. The zero-order valence-electron chi connectivity index (χ0n) is 7.73. The van der Waals surface area contributed by atoms with Gasteiger partial charge < -0.3 is 0 Å². The maximum atomic E-state index is 11.6. The molecule has 0 amide bonds. The van der Waals surface area contributed by atoms with E-state index in [0.717, 1.165) is 32.1 Å². The third kappa shape index (κ3) is 1.88. The molecule has 12 heavy (non-hydrogen) atoms. The molecule has 0 N–H and O–H groups in total. The molecule has 1 heteroatoms. The first kappa shape index (κ1) is 9.32. The van der Waals surface area contributed by atoms with Gasteiger partial charge in [0, 0.05) is 18.3 Å². The number of carbonyl (C=O) groups excluding carboxylic acids is 1. The van der Waals surface area contributed by atoms with Gasteiger partial charge >= 0.3 is 0 Å². The van der Waals surface area contributed by atoms with Gasteiger partial charge in [-0.25, -0.2) is 0 Å². The van der Waals surface area contributed by atoms with E-state index in [0.29, 0.717) is 5.78 Å². The smallest absolute Gasteiger partial charge is 0.138 e. The Kier molecular flexibility index (Phi) is 2.92. The molecule has 1 atom stereocenters. The van der Waals surface area contributed by atoms with E-state index in [-0.39, 0.29) is 5.41 Å². The third-order valence-electron chi connectivity index (χ3n) is 2.88. The first-order valence-electron chi connectivity index (χ1n) is 4.66. The molecule has 1 saturated carbocycles. The Morgan fingerprint density at radius 1 is 1.58 bits per heavy atom. The van der Waals surface area contributed by atoms with Crippen molar-refractivity contribution in [3.8, 4) is 12.3 Å². The van der Waals surface area contributed by atoms with Gasteiger partial charge in [-0.15, -0.1) is 12.3 Å². The predicted molar refractivity (Wildman–Crippen MR) is 49.6 cm³/mol. The Balaban J connectivity index is 2.55. The second kappa shape index (κ2) is 3.76. The quantitative estimate of drug-likeness (QED) is 0.573. The molecule has 0 aromatic rings. The van der Waals surface area contributed by atoms with Crippen LogP contribution in [0, 0.1) is 17.8 Å². The molecular weight excluding hydrogens is 148 g/mol. The minimum Gasteiger partial charge on any atom is -0.299 e. The summed E-state index contributed by atoms with van der Waals surface area (Å²) in [5.74, 6) is 3.03. The van der Waals surface area contributed by atoms with Gasteiger partial charge in [-0.05, 0) is 19.3 Å². The van der Waals surface area contributed by atoms with Crippen LogP contribution in [0.15, 0.2) is 0 Å². The lowest BCUT2D eigenvalue weighted by Gasteiger charge is -2.31. The van der Waals surface area contributed by atoms with Crippen LogP contribution in [0.5, 0.6) is 0 Å². The SMILES string of the molecule is C#CCC[C@]1(C)CCCCC1=O. The maximum Gasteiger partial charge on any atom is 0.138 e. The standard InChI is InChI=1S/C11H16O/c1-3-4-8-11(2)9-6-5-7-10(11)12/h1H,4-9H2,2H3/t11-/m1/s1. The molecule has 0 radical (unpaired) electrons. The first-order valence-corrected chi connectivity index (χ1v) is 4.66. The van der Waals surface area contributed by atoms with Crippen molar-refractivity contribution in [1.82, 2.24) is 0 Å². The van der Waals surface area contributed by atoms with E-state index in [1.807, 2.05) is 0 Å². The van der Waals surface area contributed by atoms with Crippen LogP contribution in [0.3, 0.4) is 0 Å². The van der Waals surface area contributed by atoms with Gasteiger partial charge in [-0.1, -0.05) is 13.3 Å². The largest absolute Gasteiger partial charge is 0.299 e. The molecule has 0 aliphatic heterocycles. The second-order valence-electron chi connectivity index (χ2n) is 3.90. The van der Waals surface area contributed by atoms with Crippen LogP contribution >= 0.6 is 0 Å². The van der Waals surface area contributed by atoms with Gasteiger partial charge in [0.25, 0.3) is 0 Å². The molecule has 1 aliphatic carbocycles. The number of ketones is 1. The van der Waals surface area contributed by atoms with Gasteiger partial charge in [0.15, 0.2) is 0 Å². The Labute approximate surface area is 74.5 Å². The summed E-state index contributed by atoms with van der Waals surface area (Å²) in [4.78, 5) is 11.6. The highest BCUT2D eigenvalue weighted by Gasteiger charge is 2.33. The number of rotatable bonds is 2. The summed E-state index contributed by atoms with van der Waals surface area (Å²) in [5, 5.41) is 0. The monoisotopic (exact) mass is 164 g/mol. The van der Waals surface area contributed by atoms with Gasteiger partial charge in [-0.3, -0.25) is 4.79 Å². The summed E-state index contributed by atoms with van der Waals surface area (Å²) >= 11 is 0. The fraction of sp³-hybridized carbons (Fsp3) is 0.727. The van der Waals surface area contributed by atoms with E-state index in [1.165, 1.54) is 6.42 Å². The molecule has 0 heterocycles. The van der Waals surface area contributed by atoms with Crippen LogP contribution < -0.4 is 0 Å². The molecule has 1 nitrogen and oxygen atoms in total. The number of hydrogen-bond donors (Lipinski definition) is 0. The zero-order valence-corrected chi connectivity index (χ0v) is 7.73. The van der Waals surface area contributed by atoms with Crippen molar-refractivity contribution < 1.29 is 4.79 Å². The van der Waals surface area contributed by atoms with E-state index in [2.05, 4.69) is 12.8 Å². The van der Waals surface area contributed by atoms with Crippen LogP contribution in [0.2, 0.25) is 0 Å². The number of carbonyl (C=O) groups is 1. The molecule has 0 saturated heterocycles. The Bertz CT molecular complexity index is 212. The highest BCUT2D eigenvalue weighted by Crippen LogP contribution is 2.36. The van der Waals surface area contributed by atoms with E-state index in [1.54, 1.807) is 0 Å². The lowest BCUT2D eigenvalue weighted by molar-refractivity contribution is -0.130. The highest BCUT2D eigenvalue weighted by molar-refractivity contribution is 5.85. The Hall–Kier alpha value is -0.770. The summed E-state index contributed by atoms with van der Waals surface area (Å²) in [6.45, 7) is 2.06. The summed E-state index contributed by atoms with van der Waals surface area (Å²) in [6, 6.07) is 0. The molecule has 0 spiro atoms. The Morgan fingerprint density at radius 3 is 2.92 bits per heavy atom. The second-order valence-corrected chi connectivity index (χ2v) is 3.90. The normalized spacial score (nSPS) is 29.8. The number of Topliss-reactive ketones (excluding diaryl/α,β-unsaturated/α-hetero) is 1. The summed E-state index contributed by atoms with van der Waals surface area (Å²) in [7, 11) is 0. The van der Waals surface area contributed by atoms with E-state index in [4.69, 9.17) is 6.42 Å². The lowest BCUT2D eigenvalue weighted by atomic mass is 9.72. The van der Waals surface area contributed by atoms with Gasteiger partial charge in [0.2, 0.25) is 0 Å². The fourth-order valence-corrected chi connectivity index (χ4v) is 1.85. The lowest BCUT2D eigenvalue weighted by Crippen LogP contribution is -2.30. The van der Waals surface area contributed by atoms with Gasteiger partial charge in [0.05, 0.1) is 0 Å². The molecule has 1 aliphatic rings. The van der Waals surface area contributed by atoms with Crippen molar-refractivity contribution in [3.63, 3.8) is 0 Å². The molecule has 1 fully saturated rings. The maximum absolute atomic E-state index is 11.6. The average molecular weight is 164 g/mol. The van der Waals surface area contributed by atoms with Gasteiger partial charge in [-0.2, -0.15) is 0 Å². The van der Waals surface area contributed by atoms with Crippen LogP contribution in [-0.2, 0) is 4.79 Å². The van der Waals surface area contributed by atoms with Crippen LogP contribution in [0.4, 0.5) is 0 Å². The van der Waals surface area contributed by atoms with Crippen LogP contribution in [0.1, 0.15) is 45.4 Å². The molecule has 0 aromatic heterocycles. The molecule has 0 aromatic carbocycles. The van der Waals surface area contributed by atoms with E-state index >= 15 is 0 Å². The van der Waals surface area contributed by atoms with E-state index in [9.17, 15) is 4.79 Å². The summed E-state index contributed by atoms with van der Waals surface area (Å²) < 4.78 is 0. The minimum atomic E-state index is -0.0926. The summed E-state index contributed by atoms with van der Waals surface area (Å²) in [5.41, 5.74) is -0.0926. The van der Waals surface area contributed by atoms with Crippen molar-refractivity contribution in [2.75, 3.05) is 0 Å². The number of hydrogen-bond acceptors (Lipinski definition) is 1. The van der Waals surface area contributed by atoms with Crippen molar-refractivity contribution >= 4 is 5.78 Å². The average Bonchev–Trinajstić information content (AvgIpc) is 2.07. The van der Waals surface area contributed by atoms with E-state index < -0.39 is 0 Å². The molecule has 0 unspecified atom stereocenters. The van der Waals surface area contributed by atoms with Crippen molar-refractivity contribution in [1.29, 1.82) is 0 Å². The third-order valence-corrected chi connectivity index (χ3v) is 2.88. The highest BCUT2D eigenvalue weighted by atomic mass is 16.1. The Morgan fingerprint density at radius 2 is 2.33 bits per heavy atom. The van der Waals surface area contributed by atoms with Crippen molar-refractivity contribution in [2.45, 2.75) is 45.4 Å². The first-order chi connectivity index (χ1) is 5.69. The number of terminal acetylenes is 1. The fourth-order valence-electron chi connectivity index (χ4n) is 1.85. The topological polar surface area (TPSA) is 17.1 Å². The van der Waals surface area contributed by atoms with Crippen LogP contribution in [0.25, 0.3) is 0 Å². The zero-order chi connectivity index (χ0) is 9.03. The predicted octanol–water partition coefficient (Wildman–Crippen LogP) is 2.55.